The monoisotopic (exact) mass is 245 g/mol. The van der Waals surface area contributed by atoms with Crippen LogP contribution in [0.5, 0.6) is 5.75 Å². The summed E-state index contributed by atoms with van der Waals surface area (Å²) >= 11 is 0. The zero-order valence-electron chi connectivity index (χ0n) is 8.52. The Morgan fingerprint density at radius 1 is 1.44 bits per heavy atom. The molecule has 1 aliphatic rings. The minimum absolute atomic E-state index is 0.000997. The van der Waals surface area contributed by atoms with Crippen molar-refractivity contribution < 1.29 is 17.5 Å². The van der Waals surface area contributed by atoms with E-state index >= 15 is 0 Å². The van der Waals surface area contributed by atoms with Gasteiger partial charge in [0.1, 0.15) is 17.7 Å². The van der Waals surface area contributed by atoms with Crippen molar-refractivity contribution in [2.24, 2.45) is 0 Å². The molecule has 0 spiro atoms. The SMILES string of the molecule is Nc1ccc(OC2CCS(=O)(=O)C2)cc1F. The van der Waals surface area contributed by atoms with Gasteiger partial charge in [0.25, 0.3) is 0 Å². The van der Waals surface area contributed by atoms with Crippen LogP contribution >= 0.6 is 0 Å². The Kier molecular flexibility index (Phi) is 2.75. The second kappa shape index (κ2) is 3.93. The normalized spacial score (nSPS) is 23.2. The third kappa shape index (κ3) is 2.44. The number of nitrogens with two attached hydrogens (primary N) is 1. The third-order valence-corrected chi connectivity index (χ3v) is 4.20. The van der Waals surface area contributed by atoms with Gasteiger partial charge < -0.3 is 10.5 Å². The molecule has 6 heteroatoms. The van der Waals surface area contributed by atoms with Crippen molar-refractivity contribution >= 4 is 15.5 Å². The van der Waals surface area contributed by atoms with Crippen molar-refractivity contribution in [3.63, 3.8) is 0 Å². The summed E-state index contributed by atoms with van der Waals surface area (Å²) < 4.78 is 40.8. The highest BCUT2D eigenvalue weighted by Crippen LogP contribution is 2.22. The van der Waals surface area contributed by atoms with Crippen LogP contribution in [0.15, 0.2) is 18.2 Å². The molecule has 0 bridgehead atoms. The number of rotatable bonds is 2. The van der Waals surface area contributed by atoms with Gasteiger partial charge in [-0.1, -0.05) is 0 Å². The van der Waals surface area contributed by atoms with Gasteiger partial charge in [-0.3, -0.25) is 0 Å². The van der Waals surface area contributed by atoms with Gasteiger partial charge in [0.2, 0.25) is 0 Å². The van der Waals surface area contributed by atoms with Crippen LogP contribution in [0.2, 0.25) is 0 Å². The van der Waals surface area contributed by atoms with E-state index in [1.165, 1.54) is 18.2 Å². The minimum atomic E-state index is -2.98. The fourth-order valence-corrected chi connectivity index (χ4v) is 3.22. The molecular formula is C10H12FNO3S. The number of benzene rings is 1. The molecule has 1 atom stereocenters. The lowest BCUT2D eigenvalue weighted by molar-refractivity contribution is 0.228. The van der Waals surface area contributed by atoms with Crippen molar-refractivity contribution in [3.05, 3.63) is 24.0 Å². The van der Waals surface area contributed by atoms with Crippen LogP contribution in [-0.4, -0.2) is 26.0 Å². The maximum absolute atomic E-state index is 13.1. The van der Waals surface area contributed by atoms with Gasteiger partial charge >= 0.3 is 0 Å². The maximum Gasteiger partial charge on any atom is 0.154 e. The quantitative estimate of drug-likeness (QED) is 0.788. The number of hydrogen-bond donors (Lipinski definition) is 1. The van der Waals surface area contributed by atoms with Gasteiger partial charge in [-0.15, -0.1) is 0 Å². The number of ether oxygens (including phenoxy) is 1. The van der Waals surface area contributed by atoms with Crippen molar-refractivity contribution in [2.45, 2.75) is 12.5 Å². The topological polar surface area (TPSA) is 69.4 Å². The number of sulfone groups is 1. The van der Waals surface area contributed by atoms with E-state index < -0.39 is 15.7 Å². The van der Waals surface area contributed by atoms with Crippen molar-refractivity contribution in [2.75, 3.05) is 17.2 Å². The molecule has 0 saturated carbocycles. The first-order valence-corrected chi connectivity index (χ1v) is 6.70. The zero-order valence-corrected chi connectivity index (χ0v) is 9.34. The molecule has 1 heterocycles. The van der Waals surface area contributed by atoms with Crippen LogP contribution in [0.25, 0.3) is 0 Å². The first-order valence-electron chi connectivity index (χ1n) is 4.88. The summed E-state index contributed by atoms with van der Waals surface area (Å²) in [6.45, 7) is 0. The largest absolute Gasteiger partial charge is 0.489 e. The molecule has 0 amide bonds. The van der Waals surface area contributed by atoms with E-state index in [1.807, 2.05) is 0 Å². The smallest absolute Gasteiger partial charge is 0.154 e. The Balaban J connectivity index is 2.08. The lowest BCUT2D eigenvalue weighted by Crippen LogP contribution is -2.17. The molecule has 16 heavy (non-hydrogen) atoms. The molecule has 1 aliphatic heterocycles. The lowest BCUT2D eigenvalue weighted by atomic mass is 10.3. The third-order valence-electron chi connectivity index (χ3n) is 2.47. The molecule has 0 aromatic heterocycles. The first-order chi connectivity index (χ1) is 7.46. The molecule has 1 unspecified atom stereocenters. The standard InChI is InChI=1S/C10H12FNO3S/c11-9-5-7(1-2-10(9)12)15-8-3-4-16(13,14)6-8/h1-2,5,8H,3-4,6,12H2. The molecule has 4 nitrogen and oxygen atoms in total. The van der Waals surface area contributed by atoms with E-state index in [0.717, 1.165) is 0 Å². The van der Waals surface area contributed by atoms with Crippen molar-refractivity contribution in [3.8, 4) is 5.75 Å². The molecule has 2 rings (SSSR count). The van der Waals surface area contributed by atoms with Crippen LogP contribution in [0.1, 0.15) is 6.42 Å². The molecule has 2 N–H and O–H groups in total. The van der Waals surface area contributed by atoms with Crippen LogP contribution in [0.3, 0.4) is 0 Å². The van der Waals surface area contributed by atoms with Gasteiger partial charge in [0.15, 0.2) is 9.84 Å². The Morgan fingerprint density at radius 2 is 2.19 bits per heavy atom. The Labute approximate surface area is 93.1 Å². The average molecular weight is 245 g/mol. The van der Waals surface area contributed by atoms with Crippen LogP contribution in [0.4, 0.5) is 10.1 Å². The van der Waals surface area contributed by atoms with Gasteiger partial charge in [0.05, 0.1) is 17.2 Å². The van der Waals surface area contributed by atoms with E-state index in [1.54, 1.807) is 0 Å². The molecule has 88 valence electrons. The van der Waals surface area contributed by atoms with E-state index in [-0.39, 0.29) is 23.3 Å². The summed E-state index contributed by atoms with van der Waals surface area (Å²) in [6, 6.07) is 4.09. The summed E-state index contributed by atoms with van der Waals surface area (Å²) in [5.41, 5.74) is 5.36. The zero-order chi connectivity index (χ0) is 11.8. The second-order valence-electron chi connectivity index (χ2n) is 3.83. The van der Waals surface area contributed by atoms with E-state index in [4.69, 9.17) is 10.5 Å². The van der Waals surface area contributed by atoms with Crippen LogP contribution in [0, 0.1) is 5.82 Å². The number of anilines is 1. The molecule has 1 fully saturated rings. The summed E-state index contributed by atoms with van der Waals surface area (Å²) in [5.74, 6) is -0.110. The maximum atomic E-state index is 13.1. The van der Waals surface area contributed by atoms with Gasteiger partial charge in [-0.2, -0.15) is 0 Å². The fourth-order valence-electron chi connectivity index (χ4n) is 1.63. The summed E-state index contributed by atoms with van der Waals surface area (Å²) in [4.78, 5) is 0. The number of halogens is 1. The summed E-state index contributed by atoms with van der Waals surface area (Å²) in [6.07, 6.45) is 0.0712. The predicted molar refractivity (Wildman–Crippen MR) is 58.5 cm³/mol. The van der Waals surface area contributed by atoms with Crippen LogP contribution < -0.4 is 10.5 Å². The van der Waals surface area contributed by atoms with Crippen molar-refractivity contribution in [1.29, 1.82) is 0 Å². The summed E-state index contributed by atoms with van der Waals surface area (Å²) in [5, 5.41) is 0. The van der Waals surface area contributed by atoms with E-state index in [9.17, 15) is 12.8 Å². The molecule has 1 aromatic rings. The molecule has 1 saturated heterocycles. The first kappa shape index (κ1) is 11.2. The average Bonchev–Trinajstić information content (AvgIpc) is 2.52. The van der Waals surface area contributed by atoms with Gasteiger partial charge in [-0.25, -0.2) is 12.8 Å². The molecule has 0 aliphatic carbocycles. The molecule has 0 radical (unpaired) electrons. The number of hydrogen-bond acceptors (Lipinski definition) is 4. The van der Waals surface area contributed by atoms with Gasteiger partial charge in [0, 0.05) is 6.07 Å². The second-order valence-corrected chi connectivity index (χ2v) is 6.05. The molecule has 1 aromatic carbocycles. The highest BCUT2D eigenvalue weighted by molar-refractivity contribution is 7.91. The molecular weight excluding hydrogens is 233 g/mol. The van der Waals surface area contributed by atoms with E-state index in [0.29, 0.717) is 12.2 Å². The minimum Gasteiger partial charge on any atom is -0.489 e. The number of nitrogen functional groups attached to an aromatic ring is 1. The highest BCUT2D eigenvalue weighted by Gasteiger charge is 2.29. The van der Waals surface area contributed by atoms with Crippen LogP contribution in [-0.2, 0) is 9.84 Å². The Bertz CT molecular complexity index is 501. The predicted octanol–water partition coefficient (Wildman–Crippen LogP) is 0.974. The lowest BCUT2D eigenvalue weighted by Gasteiger charge is -2.12. The van der Waals surface area contributed by atoms with E-state index in [2.05, 4.69) is 0 Å². The fraction of sp³-hybridized carbons (Fsp3) is 0.400. The summed E-state index contributed by atoms with van der Waals surface area (Å²) in [7, 11) is -2.98. The Morgan fingerprint density at radius 3 is 2.75 bits per heavy atom. The van der Waals surface area contributed by atoms with Crippen molar-refractivity contribution in [1.82, 2.24) is 0 Å². The Hall–Kier alpha value is -1.30. The highest BCUT2D eigenvalue weighted by atomic mass is 32.2. The van der Waals surface area contributed by atoms with Gasteiger partial charge in [-0.05, 0) is 18.6 Å².